The molecule has 1 heterocycles. The Balaban J connectivity index is 0.00000128. The molecule has 16 heavy (non-hydrogen) atoms. The Morgan fingerprint density at radius 1 is 1.19 bits per heavy atom. The predicted octanol–water partition coefficient (Wildman–Crippen LogP) is 1.32. The molecule has 1 aromatic carbocycles. The Bertz CT molecular complexity index is 413. The number of hydrogen-bond donors (Lipinski definition) is 2. The van der Waals surface area contributed by atoms with Crippen molar-refractivity contribution in [3.05, 3.63) is 47.5 Å². The first-order valence-corrected chi connectivity index (χ1v) is 5.02. The second-order valence-electron chi connectivity index (χ2n) is 3.40. The van der Waals surface area contributed by atoms with Crippen molar-refractivity contribution in [1.29, 1.82) is 0 Å². The number of hydrogen-bond acceptors (Lipinski definition) is 3. The summed E-state index contributed by atoms with van der Waals surface area (Å²) in [6.45, 7) is 0.586. The molecule has 86 valence electrons. The van der Waals surface area contributed by atoms with Gasteiger partial charge in [-0.1, -0.05) is 30.3 Å². The van der Waals surface area contributed by atoms with Crippen LogP contribution < -0.4 is 5.73 Å². The van der Waals surface area contributed by atoms with Gasteiger partial charge in [-0.15, -0.1) is 12.4 Å². The van der Waals surface area contributed by atoms with Crippen LogP contribution in [0.25, 0.3) is 0 Å². The van der Waals surface area contributed by atoms with Gasteiger partial charge >= 0.3 is 0 Å². The minimum Gasteiger partial charge on any atom is -0.330 e. The molecule has 0 radical (unpaired) electrons. The van der Waals surface area contributed by atoms with Gasteiger partial charge in [0.1, 0.15) is 5.82 Å². The van der Waals surface area contributed by atoms with Gasteiger partial charge in [0.25, 0.3) is 0 Å². The molecule has 0 aliphatic rings. The molecule has 3 N–H and O–H groups in total. The molecule has 0 saturated heterocycles. The Morgan fingerprint density at radius 2 is 1.94 bits per heavy atom. The van der Waals surface area contributed by atoms with Crippen molar-refractivity contribution in [2.75, 3.05) is 6.54 Å². The van der Waals surface area contributed by atoms with E-state index in [1.54, 1.807) is 0 Å². The van der Waals surface area contributed by atoms with Gasteiger partial charge in [0.05, 0.1) is 0 Å². The fourth-order valence-electron chi connectivity index (χ4n) is 1.44. The van der Waals surface area contributed by atoms with Crippen LogP contribution in [0.4, 0.5) is 0 Å². The van der Waals surface area contributed by atoms with Gasteiger partial charge in [0.2, 0.25) is 0 Å². The molecule has 0 spiro atoms. The third-order valence-corrected chi connectivity index (χ3v) is 2.16. The molecule has 0 fully saturated rings. The number of aromatic nitrogens is 3. The summed E-state index contributed by atoms with van der Waals surface area (Å²) in [4.78, 5) is 4.35. The van der Waals surface area contributed by atoms with E-state index in [9.17, 15) is 0 Å². The number of nitrogens with two attached hydrogens (primary N) is 1. The van der Waals surface area contributed by atoms with Crippen molar-refractivity contribution in [2.24, 2.45) is 5.73 Å². The van der Waals surface area contributed by atoms with Crippen molar-refractivity contribution < 1.29 is 0 Å². The number of nitrogens with zero attached hydrogens (tertiary/aromatic N) is 2. The lowest BCUT2D eigenvalue weighted by Gasteiger charge is -1.95. The zero-order chi connectivity index (χ0) is 10.5. The van der Waals surface area contributed by atoms with Crippen molar-refractivity contribution in [3.8, 4) is 0 Å². The zero-order valence-corrected chi connectivity index (χ0v) is 9.70. The van der Waals surface area contributed by atoms with Gasteiger partial charge in [-0.25, -0.2) is 4.98 Å². The summed E-state index contributed by atoms with van der Waals surface area (Å²) in [5, 5.41) is 7.01. The number of H-pyrrole nitrogens is 1. The van der Waals surface area contributed by atoms with Gasteiger partial charge in [-0.2, -0.15) is 5.10 Å². The summed E-state index contributed by atoms with van der Waals surface area (Å²) in [5.41, 5.74) is 6.66. The van der Waals surface area contributed by atoms with Crippen molar-refractivity contribution in [2.45, 2.75) is 12.8 Å². The Labute approximate surface area is 101 Å². The van der Waals surface area contributed by atoms with Gasteiger partial charge in [0.15, 0.2) is 5.82 Å². The second-order valence-corrected chi connectivity index (χ2v) is 3.40. The van der Waals surface area contributed by atoms with Crippen LogP contribution in [0.5, 0.6) is 0 Å². The normalized spacial score (nSPS) is 9.81. The molecule has 0 bridgehead atoms. The van der Waals surface area contributed by atoms with E-state index >= 15 is 0 Å². The standard InChI is InChI=1S/C11H14N4.ClH/c12-7-6-10-13-11(15-14-10)8-9-4-2-1-3-5-9;/h1-5H,6-8,12H2,(H,13,14,15);1H. The molecule has 5 heteroatoms. The largest absolute Gasteiger partial charge is 0.330 e. The van der Waals surface area contributed by atoms with Crippen LogP contribution >= 0.6 is 12.4 Å². The van der Waals surface area contributed by atoms with E-state index in [-0.39, 0.29) is 12.4 Å². The van der Waals surface area contributed by atoms with Gasteiger partial charge in [-0.05, 0) is 12.1 Å². The summed E-state index contributed by atoms with van der Waals surface area (Å²) in [6, 6.07) is 10.2. The highest BCUT2D eigenvalue weighted by Crippen LogP contribution is 2.04. The zero-order valence-electron chi connectivity index (χ0n) is 8.89. The highest BCUT2D eigenvalue weighted by molar-refractivity contribution is 5.85. The van der Waals surface area contributed by atoms with Crippen LogP contribution in [0, 0.1) is 0 Å². The van der Waals surface area contributed by atoms with E-state index in [1.807, 2.05) is 18.2 Å². The molecule has 4 nitrogen and oxygen atoms in total. The number of aromatic amines is 1. The Hall–Kier alpha value is -1.39. The first kappa shape index (κ1) is 12.7. The molecule has 0 atom stereocenters. The van der Waals surface area contributed by atoms with E-state index in [2.05, 4.69) is 27.3 Å². The highest BCUT2D eigenvalue weighted by Gasteiger charge is 2.02. The number of rotatable bonds is 4. The molecule has 0 unspecified atom stereocenters. The minimum absolute atomic E-state index is 0. The number of benzene rings is 1. The molecule has 1 aromatic heterocycles. The molecular formula is C11H15ClN4. The van der Waals surface area contributed by atoms with Crippen LogP contribution in [-0.2, 0) is 12.8 Å². The maximum Gasteiger partial charge on any atom is 0.151 e. The maximum atomic E-state index is 5.43. The number of halogens is 1. The summed E-state index contributed by atoms with van der Waals surface area (Å²) >= 11 is 0. The predicted molar refractivity (Wildman–Crippen MR) is 65.6 cm³/mol. The average molecular weight is 239 g/mol. The molecule has 0 aliphatic carbocycles. The van der Waals surface area contributed by atoms with Crippen LogP contribution in [0.15, 0.2) is 30.3 Å². The van der Waals surface area contributed by atoms with Gasteiger partial charge < -0.3 is 5.73 Å². The van der Waals surface area contributed by atoms with E-state index < -0.39 is 0 Å². The molecule has 0 saturated carbocycles. The molecule has 0 amide bonds. The van der Waals surface area contributed by atoms with Crippen LogP contribution in [-0.4, -0.2) is 21.7 Å². The van der Waals surface area contributed by atoms with E-state index in [4.69, 9.17) is 5.73 Å². The summed E-state index contributed by atoms with van der Waals surface area (Å²) in [5.74, 6) is 1.69. The lowest BCUT2D eigenvalue weighted by Crippen LogP contribution is -2.04. The molecule has 2 rings (SSSR count). The molecule has 0 aliphatic heterocycles. The molecule has 2 aromatic rings. The lowest BCUT2D eigenvalue weighted by molar-refractivity contribution is 0.874. The Morgan fingerprint density at radius 3 is 2.62 bits per heavy atom. The minimum atomic E-state index is 0. The maximum absolute atomic E-state index is 5.43. The van der Waals surface area contributed by atoms with Crippen molar-refractivity contribution in [1.82, 2.24) is 15.2 Å². The van der Waals surface area contributed by atoms with Gasteiger partial charge in [-0.3, -0.25) is 5.10 Å². The topological polar surface area (TPSA) is 67.6 Å². The monoisotopic (exact) mass is 238 g/mol. The third-order valence-electron chi connectivity index (χ3n) is 2.16. The smallest absolute Gasteiger partial charge is 0.151 e. The SMILES string of the molecule is Cl.NCCc1n[nH]c(Cc2ccccc2)n1. The van der Waals surface area contributed by atoms with Crippen LogP contribution in [0.3, 0.4) is 0 Å². The fraction of sp³-hybridized carbons (Fsp3) is 0.273. The first-order chi connectivity index (χ1) is 7.38. The molecular weight excluding hydrogens is 224 g/mol. The third kappa shape index (κ3) is 3.32. The van der Waals surface area contributed by atoms with E-state index in [0.29, 0.717) is 6.54 Å². The quantitative estimate of drug-likeness (QED) is 0.844. The average Bonchev–Trinajstić information content (AvgIpc) is 2.68. The van der Waals surface area contributed by atoms with Gasteiger partial charge in [0, 0.05) is 12.8 Å². The van der Waals surface area contributed by atoms with E-state index in [1.165, 1.54) is 5.56 Å². The highest BCUT2D eigenvalue weighted by atomic mass is 35.5. The Kier molecular flexibility index (Phi) is 4.95. The summed E-state index contributed by atoms with van der Waals surface area (Å²) in [7, 11) is 0. The van der Waals surface area contributed by atoms with Crippen molar-refractivity contribution in [3.63, 3.8) is 0 Å². The second kappa shape index (κ2) is 6.25. The number of nitrogens with one attached hydrogen (secondary N) is 1. The lowest BCUT2D eigenvalue weighted by atomic mass is 10.1. The fourth-order valence-corrected chi connectivity index (χ4v) is 1.44. The van der Waals surface area contributed by atoms with E-state index in [0.717, 1.165) is 24.5 Å². The van der Waals surface area contributed by atoms with Crippen LogP contribution in [0.2, 0.25) is 0 Å². The van der Waals surface area contributed by atoms with Crippen LogP contribution in [0.1, 0.15) is 17.2 Å². The van der Waals surface area contributed by atoms with Crippen molar-refractivity contribution >= 4 is 12.4 Å². The first-order valence-electron chi connectivity index (χ1n) is 5.02. The summed E-state index contributed by atoms with van der Waals surface area (Å²) < 4.78 is 0. The summed E-state index contributed by atoms with van der Waals surface area (Å²) in [6.07, 6.45) is 1.52.